The van der Waals surface area contributed by atoms with Crippen molar-refractivity contribution in [2.24, 2.45) is 4.99 Å². The number of carbonyl (C=O) groups excluding carboxylic acids is 2. The van der Waals surface area contributed by atoms with Crippen molar-refractivity contribution in [1.29, 1.82) is 0 Å². The van der Waals surface area contributed by atoms with E-state index < -0.39 is 10.9 Å². The van der Waals surface area contributed by atoms with Crippen molar-refractivity contribution in [3.63, 3.8) is 0 Å². The van der Waals surface area contributed by atoms with Crippen LogP contribution in [0.4, 0.5) is 5.69 Å². The maximum atomic E-state index is 12.7. The second-order valence-electron chi connectivity index (χ2n) is 6.82. The number of methoxy groups -OCH3 is 1. The number of thiazole rings is 1. The normalized spacial score (nSPS) is 11.7. The molecule has 0 saturated carbocycles. The van der Waals surface area contributed by atoms with E-state index in [1.165, 1.54) is 23.8 Å². The molecule has 1 amide bonds. The van der Waals surface area contributed by atoms with Gasteiger partial charge in [0.25, 0.3) is 11.6 Å². The molecule has 1 heterocycles. The number of ether oxygens (including phenoxy) is 1. The fraction of sp³-hybridized carbons (Fsp3) is 0.136. The van der Waals surface area contributed by atoms with E-state index in [9.17, 15) is 19.7 Å². The van der Waals surface area contributed by atoms with Crippen molar-refractivity contribution < 1.29 is 19.2 Å². The number of nitro groups is 1. The Bertz CT molecular complexity index is 1400. The van der Waals surface area contributed by atoms with Gasteiger partial charge in [0.2, 0.25) is 0 Å². The van der Waals surface area contributed by atoms with Crippen molar-refractivity contribution in [3.8, 4) is 0 Å². The Morgan fingerprint density at radius 3 is 2.61 bits per heavy atom. The van der Waals surface area contributed by atoms with Crippen LogP contribution in [-0.2, 0) is 27.3 Å². The van der Waals surface area contributed by atoms with Crippen LogP contribution in [0.2, 0.25) is 0 Å². The lowest BCUT2D eigenvalue weighted by atomic mass is 10.1. The average Bonchev–Trinajstić information content (AvgIpc) is 3.09. The van der Waals surface area contributed by atoms with Gasteiger partial charge in [-0.3, -0.25) is 19.7 Å². The highest BCUT2D eigenvalue weighted by Crippen LogP contribution is 2.23. The van der Waals surface area contributed by atoms with Crippen LogP contribution in [0.1, 0.15) is 5.56 Å². The molecule has 0 bridgehead atoms. The van der Waals surface area contributed by atoms with Gasteiger partial charge in [0.15, 0.2) is 4.80 Å². The zero-order valence-electron chi connectivity index (χ0n) is 16.5. The third-order valence-corrected chi connectivity index (χ3v) is 5.82. The molecule has 4 aromatic rings. The standard InChI is InChI=1S/C22H17N3O5S/c1-30-21(27)13-24-18-9-8-17(25(28)29)12-19(18)31-22(24)23-20(26)11-14-6-7-15-4-2-3-5-16(15)10-14/h2-10,12H,11,13H2,1H3. The maximum Gasteiger partial charge on any atom is 0.325 e. The number of non-ortho nitro benzene ring substituents is 1. The molecular formula is C22H17N3O5S. The molecule has 0 unspecified atom stereocenters. The van der Waals surface area contributed by atoms with E-state index in [0.717, 1.165) is 27.7 Å². The summed E-state index contributed by atoms with van der Waals surface area (Å²) in [5.74, 6) is -0.892. The van der Waals surface area contributed by atoms with Crippen LogP contribution in [0.15, 0.2) is 65.7 Å². The van der Waals surface area contributed by atoms with E-state index in [1.54, 1.807) is 6.07 Å². The lowest BCUT2D eigenvalue weighted by molar-refractivity contribution is -0.384. The highest BCUT2D eigenvalue weighted by Gasteiger charge is 2.15. The zero-order valence-corrected chi connectivity index (χ0v) is 17.3. The molecule has 156 valence electrons. The number of rotatable bonds is 5. The molecule has 0 spiro atoms. The average molecular weight is 435 g/mol. The number of hydrogen-bond donors (Lipinski definition) is 0. The number of carbonyl (C=O) groups is 2. The number of aromatic nitrogens is 1. The smallest absolute Gasteiger partial charge is 0.325 e. The molecule has 0 aliphatic carbocycles. The summed E-state index contributed by atoms with van der Waals surface area (Å²) in [5, 5.41) is 13.2. The molecular weight excluding hydrogens is 418 g/mol. The highest BCUT2D eigenvalue weighted by atomic mass is 32.1. The summed E-state index contributed by atoms with van der Waals surface area (Å²) in [7, 11) is 1.27. The van der Waals surface area contributed by atoms with Gasteiger partial charge in [-0.05, 0) is 22.4 Å². The van der Waals surface area contributed by atoms with Gasteiger partial charge < -0.3 is 9.30 Å². The molecule has 0 N–H and O–H groups in total. The molecule has 0 aliphatic rings. The van der Waals surface area contributed by atoms with Crippen molar-refractivity contribution in [3.05, 3.63) is 81.1 Å². The minimum atomic E-state index is -0.513. The Kier molecular flexibility index (Phi) is 5.59. The number of fused-ring (bicyclic) bond motifs is 2. The number of esters is 1. The first-order valence-corrected chi connectivity index (χ1v) is 10.2. The van der Waals surface area contributed by atoms with Crippen molar-refractivity contribution in [2.75, 3.05) is 7.11 Å². The van der Waals surface area contributed by atoms with E-state index in [0.29, 0.717) is 10.2 Å². The minimum Gasteiger partial charge on any atom is -0.468 e. The van der Waals surface area contributed by atoms with Crippen molar-refractivity contribution in [1.82, 2.24) is 4.57 Å². The SMILES string of the molecule is COC(=O)Cn1c(=NC(=O)Cc2ccc3ccccc3c2)sc2cc([N+](=O)[O-])ccc21. The molecule has 8 nitrogen and oxygen atoms in total. The summed E-state index contributed by atoms with van der Waals surface area (Å²) >= 11 is 1.11. The predicted octanol–water partition coefficient (Wildman–Crippen LogP) is 3.61. The quantitative estimate of drug-likeness (QED) is 0.271. The van der Waals surface area contributed by atoms with Gasteiger partial charge >= 0.3 is 5.97 Å². The number of nitrogens with zero attached hydrogens (tertiary/aromatic N) is 3. The van der Waals surface area contributed by atoms with E-state index in [2.05, 4.69) is 4.99 Å². The Morgan fingerprint density at radius 1 is 1.10 bits per heavy atom. The Labute approximate surface area is 180 Å². The summed E-state index contributed by atoms with van der Waals surface area (Å²) in [6.45, 7) is -0.156. The largest absolute Gasteiger partial charge is 0.468 e. The fourth-order valence-corrected chi connectivity index (χ4v) is 4.36. The van der Waals surface area contributed by atoms with Gasteiger partial charge in [-0.25, -0.2) is 0 Å². The molecule has 9 heteroatoms. The summed E-state index contributed by atoms with van der Waals surface area (Å²) < 4.78 is 6.83. The van der Waals surface area contributed by atoms with E-state index >= 15 is 0 Å². The fourth-order valence-electron chi connectivity index (χ4n) is 3.28. The van der Waals surface area contributed by atoms with E-state index in [1.807, 2.05) is 42.5 Å². The second kappa shape index (κ2) is 8.49. The summed E-state index contributed by atoms with van der Waals surface area (Å²) in [5.41, 5.74) is 1.31. The topological polar surface area (TPSA) is 104 Å². The van der Waals surface area contributed by atoms with Crippen LogP contribution in [-0.4, -0.2) is 28.5 Å². The van der Waals surface area contributed by atoms with Crippen molar-refractivity contribution >= 4 is 49.9 Å². The molecule has 0 saturated heterocycles. The molecule has 3 aromatic carbocycles. The predicted molar refractivity (Wildman–Crippen MR) is 117 cm³/mol. The monoisotopic (exact) mass is 435 g/mol. The summed E-state index contributed by atoms with van der Waals surface area (Å²) in [6, 6.07) is 17.9. The Balaban J connectivity index is 1.72. The minimum absolute atomic E-state index is 0.0759. The van der Waals surface area contributed by atoms with Crippen LogP contribution in [0.3, 0.4) is 0 Å². The Morgan fingerprint density at radius 2 is 1.87 bits per heavy atom. The van der Waals surface area contributed by atoms with E-state index in [4.69, 9.17) is 4.74 Å². The maximum absolute atomic E-state index is 12.7. The van der Waals surface area contributed by atoms with Crippen LogP contribution >= 0.6 is 11.3 Å². The number of hydrogen-bond acceptors (Lipinski definition) is 6. The van der Waals surface area contributed by atoms with Gasteiger partial charge in [-0.2, -0.15) is 4.99 Å². The van der Waals surface area contributed by atoms with E-state index in [-0.39, 0.29) is 29.4 Å². The van der Waals surface area contributed by atoms with Crippen LogP contribution < -0.4 is 4.80 Å². The molecule has 0 fully saturated rings. The molecule has 0 aliphatic heterocycles. The van der Waals surface area contributed by atoms with Crippen LogP contribution in [0.25, 0.3) is 21.0 Å². The lowest BCUT2D eigenvalue weighted by Crippen LogP contribution is -2.22. The van der Waals surface area contributed by atoms with Gasteiger partial charge in [-0.1, -0.05) is 53.8 Å². The summed E-state index contributed by atoms with van der Waals surface area (Å²) in [4.78, 5) is 39.6. The van der Waals surface area contributed by atoms with Gasteiger partial charge in [0.05, 0.1) is 28.7 Å². The van der Waals surface area contributed by atoms with Crippen LogP contribution in [0, 0.1) is 10.1 Å². The number of nitro benzene ring substituents is 1. The first-order chi connectivity index (χ1) is 14.9. The Hall–Kier alpha value is -3.85. The van der Waals surface area contributed by atoms with Gasteiger partial charge in [0, 0.05) is 12.1 Å². The lowest BCUT2D eigenvalue weighted by Gasteiger charge is -2.04. The molecule has 1 aromatic heterocycles. The zero-order chi connectivity index (χ0) is 22.0. The molecule has 4 rings (SSSR count). The highest BCUT2D eigenvalue weighted by molar-refractivity contribution is 7.16. The number of benzene rings is 3. The van der Waals surface area contributed by atoms with Gasteiger partial charge in [-0.15, -0.1) is 0 Å². The number of amides is 1. The molecule has 0 radical (unpaired) electrons. The third-order valence-electron chi connectivity index (χ3n) is 4.78. The van der Waals surface area contributed by atoms with Crippen molar-refractivity contribution in [2.45, 2.75) is 13.0 Å². The molecule has 0 atom stereocenters. The summed E-state index contributed by atoms with van der Waals surface area (Å²) in [6.07, 6.45) is 0.0947. The molecule has 31 heavy (non-hydrogen) atoms. The van der Waals surface area contributed by atoms with Crippen LogP contribution in [0.5, 0.6) is 0 Å². The first kappa shape index (κ1) is 20.4. The van der Waals surface area contributed by atoms with Gasteiger partial charge in [0.1, 0.15) is 6.54 Å². The third kappa shape index (κ3) is 4.36. The first-order valence-electron chi connectivity index (χ1n) is 9.34. The second-order valence-corrected chi connectivity index (χ2v) is 7.83.